The molecule has 0 amide bonds. The van der Waals surface area contributed by atoms with E-state index in [1.54, 1.807) is 11.8 Å². The number of piperazine rings is 1. The maximum absolute atomic E-state index is 3.97. The predicted molar refractivity (Wildman–Crippen MR) is 101 cm³/mol. The highest BCUT2D eigenvalue weighted by Gasteiger charge is 2.17. The van der Waals surface area contributed by atoms with E-state index in [4.69, 9.17) is 0 Å². The van der Waals surface area contributed by atoms with Gasteiger partial charge in [-0.05, 0) is 30.8 Å². The van der Waals surface area contributed by atoms with E-state index in [0.29, 0.717) is 0 Å². The van der Waals surface area contributed by atoms with Crippen LogP contribution in [0.1, 0.15) is 32.3 Å². The van der Waals surface area contributed by atoms with E-state index in [9.17, 15) is 0 Å². The van der Waals surface area contributed by atoms with Crippen molar-refractivity contribution in [2.24, 2.45) is 0 Å². The molecule has 2 aliphatic heterocycles. The number of thioether (sulfide) groups is 1. The zero-order valence-corrected chi connectivity index (χ0v) is 15.0. The standard InChI is InChI=1S/C14H19N3S.C4H10/c1-11-15-14-4-3-13(9-12(14)10-18-11)17-7-5-16(2)6-8-17;1-3-4-2/h3-4,9,15H,1,5-8,10H2,2H3;3-4H2,1-2H3. The average molecular weight is 320 g/mol. The van der Waals surface area contributed by atoms with Gasteiger partial charge in [0.2, 0.25) is 0 Å². The van der Waals surface area contributed by atoms with Crippen LogP contribution < -0.4 is 10.2 Å². The first kappa shape index (κ1) is 17.2. The highest BCUT2D eigenvalue weighted by molar-refractivity contribution is 8.02. The lowest BCUT2D eigenvalue weighted by atomic mass is 10.1. The summed E-state index contributed by atoms with van der Waals surface area (Å²) in [5.41, 5.74) is 3.97. The van der Waals surface area contributed by atoms with Gasteiger partial charge in [-0.2, -0.15) is 0 Å². The molecule has 0 aromatic heterocycles. The Hall–Kier alpha value is -1.13. The third kappa shape index (κ3) is 4.68. The Kier molecular flexibility index (Phi) is 6.65. The van der Waals surface area contributed by atoms with E-state index in [1.807, 2.05) is 0 Å². The van der Waals surface area contributed by atoms with E-state index < -0.39 is 0 Å². The van der Waals surface area contributed by atoms with E-state index in [2.05, 4.69) is 60.8 Å². The molecule has 2 aliphatic rings. The Morgan fingerprint density at radius 1 is 1.14 bits per heavy atom. The summed E-state index contributed by atoms with van der Waals surface area (Å²) in [5, 5.41) is 4.39. The van der Waals surface area contributed by atoms with E-state index >= 15 is 0 Å². The molecule has 1 fully saturated rings. The van der Waals surface area contributed by atoms with Crippen LogP contribution in [0.3, 0.4) is 0 Å². The van der Waals surface area contributed by atoms with Gasteiger partial charge in [0.1, 0.15) is 0 Å². The minimum atomic E-state index is 1.03. The number of nitrogens with one attached hydrogen (secondary N) is 1. The van der Waals surface area contributed by atoms with Crippen LogP contribution in [0.15, 0.2) is 29.8 Å². The van der Waals surface area contributed by atoms with Crippen LogP contribution in [-0.2, 0) is 5.75 Å². The van der Waals surface area contributed by atoms with Crippen molar-refractivity contribution in [2.75, 3.05) is 43.4 Å². The van der Waals surface area contributed by atoms with Crippen LogP contribution in [0.5, 0.6) is 0 Å². The molecule has 0 aliphatic carbocycles. The summed E-state index contributed by atoms with van der Waals surface area (Å²) in [7, 11) is 2.19. The molecule has 4 heteroatoms. The van der Waals surface area contributed by atoms with Gasteiger partial charge >= 0.3 is 0 Å². The van der Waals surface area contributed by atoms with Gasteiger partial charge in [-0.3, -0.25) is 0 Å². The topological polar surface area (TPSA) is 18.5 Å². The van der Waals surface area contributed by atoms with Crippen LogP contribution in [0.4, 0.5) is 11.4 Å². The van der Waals surface area contributed by atoms with Gasteiger partial charge < -0.3 is 15.1 Å². The minimum absolute atomic E-state index is 1.03. The maximum atomic E-state index is 3.97. The predicted octanol–water partition coefficient (Wildman–Crippen LogP) is 4.37. The summed E-state index contributed by atoms with van der Waals surface area (Å²) in [5.74, 6) is 1.03. The molecule has 2 heterocycles. The number of fused-ring (bicyclic) bond motifs is 1. The molecule has 1 aromatic rings. The third-order valence-corrected chi connectivity index (χ3v) is 5.04. The van der Waals surface area contributed by atoms with Gasteiger partial charge in [0, 0.05) is 43.3 Å². The van der Waals surface area contributed by atoms with Gasteiger partial charge in [-0.1, -0.05) is 33.3 Å². The number of likely N-dealkylation sites (N-methyl/N-ethyl adjacent to an activating group) is 1. The van der Waals surface area contributed by atoms with Crippen molar-refractivity contribution < 1.29 is 0 Å². The number of nitrogens with zero attached hydrogens (tertiary/aromatic N) is 2. The first-order valence-electron chi connectivity index (χ1n) is 8.29. The summed E-state index contributed by atoms with van der Waals surface area (Å²) in [6.07, 6.45) is 2.64. The summed E-state index contributed by atoms with van der Waals surface area (Å²) in [6.45, 7) is 12.9. The van der Waals surface area contributed by atoms with Crippen LogP contribution in [0.25, 0.3) is 0 Å². The summed E-state index contributed by atoms with van der Waals surface area (Å²) < 4.78 is 0. The van der Waals surface area contributed by atoms with Gasteiger partial charge in [0.15, 0.2) is 0 Å². The summed E-state index contributed by atoms with van der Waals surface area (Å²) in [4.78, 5) is 4.87. The summed E-state index contributed by atoms with van der Waals surface area (Å²) >= 11 is 1.78. The quantitative estimate of drug-likeness (QED) is 0.872. The molecular weight excluding hydrogens is 290 g/mol. The van der Waals surface area contributed by atoms with Crippen molar-refractivity contribution in [3.8, 4) is 0 Å². The Bertz CT molecular complexity index is 491. The van der Waals surface area contributed by atoms with E-state index in [0.717, 1.165) is 37.0 Å². The number of hydrogen-bond acceptors (Lipinski definition) is 4. The number of anilines is 2. The fourth-order valence-corrected chi connectivity index (χ4v) is 3.18. The monoisotopic (exact) mass is 319 g/mol. The van der Waals surface area contributed by atoms with Crippen molar-refractivity contribution >= 4 is 23.1 Å². The van der Waals surface area contributed by atoms with E-state index in [1.165, 1.54) is 29.8 Å². The normalized spacial score (nSPS) is 18.1. The molecule has 0 bridgehead atoms. The fraction of sp³-hybridized carbons (Fsp3) is 0.556. The molecule has 0 atom stereocenters. The van der Waals surface area contributed by atoms with Crippen LogP contribution in [-0.4, -0.2) is 38.1 Å². The molecule has 0 radical (unpaired) electrons. The highest BCUT2D eigenvalue weighted by Crippen LogP contribution is 2.35. The lowest BCUT2D eigenvalue weighted by Crippen LogP contribution is -2.44. The molecule has 0 saturated carbocycles. The Balaban J connectivity index is 0.000000396. The van der Waals surface area contributed by atoms with Crippen LogP contribution >= 0.6 is 11.8 Å². The zero-order valence-electron chi connectivity index (χ0n) is 14.2. The van der Waals surface area contributed by atoms with Crippen molar-refractivity contribution in [1.29, 1.82) is 0 Å². The molecular formula is C18H29N3S. The number of rotatable bonds is 2. The number of unbranched alkanes of at least 4 members (excludes halogenated alkanes) is 1. The SMILES string of the molecule is C=C1Nc2ccc(N3CCN(C)CC3)cc2CS1.CCCC. The molecule has 3 rings (SSSR count). The number of benzene rings is 1. The Morgan fingerprint density at radius 2 is 1.82 bits per heavy atom. The van der Waals surface area contributed by atoms with Crippen molar-refractivity contribution in [2.45, 2.75) is 32.4 Å². The first-order chi connectivity index (χ1) is 10.6. The molecule has 22 heavy (non-hydrogen) atoms. The second-order valence-corrected chi connectivity index (χ2v) is 7.04. The Morgan fingerprint density at radius 3 is 2.45 bits per heavy atom. The first-order valence-corrected chi connectivity index (χ1v) is 9.27. The minimum Gasteiger partial charge on any atom is -0.369 e. The van der Waals surface area contributed by atoms with Gasteiger partial charge in [-0.15, -0.1) is 11.8 Å². The average Bonchev–Trinajstić information content (AvgIpc) is 2.55. The molecule has 1 aromatic carbocycles. The molecule has 3 nitrogen and oxygen atoms in total. The lowest BCUT2D eigenvalue weighted by molar-refractivity contribution is 0.313. The largest absolute Gasteiger partial charge is 0.369 e. The van der Waals surface area contributed by atoms with Gasteiger partial charge in [-0.25, -0.2) is 0 Å². The zero-order chi connectivity index (χ0) is 15.9. The van der Waals surface area contributed by atoms with Gasteiger partial charge in [0.25, 0.3) is 0 Å². The lowest BCUT2D eigenvalue weighted by Gasteiger charge is -2.34. The van der Waals surface area contributed by atoms with Crippen LogP contribution in [0, 0.1) is 0 Å². The fourth-order valence-electron chi connectivity index (χ4n) is 2.43. The highest BCUT2D eigenvalue weighted by atomic mass is 32.2. The van der Waals surface area contributed by atoms with E-state index in [-0.39, 0.29) is 0 Å². The Labute approximate surface area is 139 Å². The van der Waals surface area contributed by atoms with Crippen molar-refractivity contribution in [1.82, 2.24) is 4.90 Å². The molecule has 122 valence electrons. The maximum Gasteiger partial charge on any atom is 0.0655 e. The summed E-state index contributed by atoms with van der Waals surface area (Å²) in [6, 6.07) is 6.74. The van der Waals surface area contributed by atoms with Crippen molar-refractivity contribution in [3.63, 3.8) is 0 Å². The second kappa shape index (κ2) is 8.49. The number of hydrogen-bond donors (Lipinski definition) is 1. The van der Waals surface area contributed by atoms with Crippen LogP contribution in [0.2, 0.25) is 0 Å². The van der Waals surface area contributed by atoms with Crippen molar-refractivity contribution in [3.05, 3.63) is 35.4 Å². The molecule has 0 unspecified atom stereocenters. The molecule has 1 saturated heterocycles. The third-order valence-electron chi connectivity index (χ3n) is 4.13. The van der Waals surface area contributed by atoms with Gasteiger partial charge in [0.05, 0.1) is 5.03 Å². The molecule has 0 spiro atoms. The molecule has 1 N–H and O–H groups in total. The second-order valence-electron chi connectivity index (χ2n) is 5.97. The smallest absolute Gasteiger partial charge is 0.0655 e.